The van der Waals surface area contributed by atoms with E-state index in [1.54, 1.807) is 6.07 Å². The fourth-order valence-electron chi connectivity index (χ4n) is 4.87. The van der Waals surface area contributed by atoms with Crippen molar-refractivity contribution in [3.8, 4) is 11.4 Å². The molecule has 2 bridgehead atoms. The van der Waals surface area contributed by atoms with Gasteiger partial charge < -0.3 is 15.4 Å². The molecule has 6 rings (SSSR count). The van der Waals surface area contributed by atoms with Gasteiger partial charge in [-0.25, -0.2) is 23.7 Å². The monoisotopic (exact) mass is 399 g/mol. The van der Waals surface area contributed by atoms with Crippen LogP contribution >= 0.6 is 0 Å². The lowest BCUT2D eigenvalue weighted by Crippen LogP contribution is -2.51. The highest BCUT2D eigenvalue weighted by atomic mass is 19.1. The number of carbonyl (C=O) groups is 1. The number of rotatable bonds is 4. The molecule has 3 fully saturated rings. The van der Waals surface area contributed by atoms with Gasteiger partial charge in [0.1, 0.15) is 11.5 Å². The third-order valence-electron chi connectivity index (χ3n) is 6.29. The average molecular weight is 399 g/mol. The normalized spacial score (nSPS) is 26.0. The molecule has 3 heterocycles. The quantitative estimate of drug-likeness (QED) is 0.619. The largest absolute Gasteiger partial charge is 0.481 e. The van der Waals surface area contributed by atoms with E-state index in [0.29, 0.717) is 16.6 Å². The van der Waals surface area contributed by atoms with Gasteiger partial charge in [0.15, 0.2) is 17.5 Å². The van der Waals surface area contributed by atoms with Crippen LogP contribution in [-0.4, -0.2) is 37.1 Å². The predicted octanol–water partition coefficient (Wildman–Crippen LogP) is 3.60. The molecule has 3 aromatic heterocycles. The van der Waals surface area contributed by atoms with Crippen LogP contribution in [-0.2, 0) is 4.79 Å². The summed E-state index contributed by atoms with van der Waals surface area (Å²) in [6.07, 6.45) is 7.38. The van der Waals surface area contributed by atoms with E-state index in [-0.39, 0.29) is 29.5 Å². The van der Waals surface area contributed by atoms with Crippen molar-refractivity contribution < 1.29 is 18.7 Å². The van der Waals surface area contributed by atoms with Crippen LogP contribution in [0.5, 0.6) is 0 Å². The van der Waals surface area contributed by atoms with Crippen LogP contribution in [0.25, 0.3) is 22.4 Å². The van der Waals surface area contributed by atoms with Crippen molar-refractivity contribution in [3.63, 3.8) is 0 Å². The Bertz CT molecular complexity index is 1090. The Balaban J connectivity index is 1.49. The first-order valence-corrected chi connectivity index (χ1v) is 9.66. The van der Waals surface area contributed by atoms with Crippen molar-refractivity contribution in [1.82, 2.24) is 19.9 Å². The maximum atomic E-state index is 14.5. The fraction of sp³-hybridized carbons (Fsp3) is 0.400. The topological polar surface area (TPSA) is 104 Å². The Morgan fingerprint density at radius 1 is 1.10 bits per heavy atom. The Morgan fingerprint density at radius 3 is 2.62 bits per heavy atom. The molecule has 3 saturated carbocycles. The van der Waals surface area contributed by atoms with E-state index >= 15 is 0 Å². The van der Waals surface area contributed by atoms with Gasteiger partial charge in [-0.1, -0.05) is 0 Å². The smallest absolute Gasteiger partial charge is 0.308 e. The molecule has 0 radical (unpaired) electrons. The van der Waals surface area contributed by atoms with E-state index in [1.165, 1.54) is 12.4 Å². The molecule has 150 valence electrons. The summed E-state index contributed by atoms with van der Waals surface area (Å²) >= 11 is 0. The lowest BCUT2D eigenvalue weighted by Gasteiger charge is -2.47. The summed E-state index contributed by atoms with van der Waals surface area (Å²) in [6.45, 7) is 0. The van der Waals surface area contributed by atoms with Crippen LogP contribution < -0.4 is 5.32 Å². The first kappa shape index (κ1) is 18.0. The minimum absolute atomic E-state index is 0.0339. The summed E-state index contributed by atoms with van der Waals surface area (Å²) in [6, 6.07) is 1.17. The standard InChI is InChI=1S/C20H19F2N5O2/c21-13-7-25-18-12(13)5-11(6-23-18)17-24-8-14(22)19(27-17)26-16-10-3-1-9(2-4-10)15(16)20(28)29/h5-10,15-16H,1-4H2,(H,23,25)(H,28,29)(H,24,26,27)/t9?,10?,15-,16-/m0/s1. The maximum absolute atomic E-state index is 14.5. The van der Waals surface area contributed by atoms with Crippen LogP contribution in [0.2, 0.25) is 0 Å². The molecule has 3 aliphatic rings. The molecule has 7 nitrogen and oxygen atoms in total. The minimum atomic E-state index is -0.857. The van der Waals surface area contributed by atoms with Gasteiger partial charge in [-0.3, -0.25) is 4.79 Å². The molecule has 3 aliphatic carbocycles. The molecular weight excluding hydrogens is 380 g/mol. The summed E-state index contributed by atoms with van der Waals surface area (Å²) in [5.74, 6) is -2.09. The van der Waals surface area contributed by atoms with Crippen LogP contribution in [0.1, 0.15) is 25.7 Å². The molecule has 2 atom stereocenters. The van der Waals surface area contributed by atoms with Gasteiger partial charge >= 0.3 is 5.97 Å². The van der Waals surface area contributed by atoms with Crippen molar-refractivity contribution in [2.75, 3.05) is 5.32 Å². The number of carboxylic acids is 1. The fourth-order valence-corrected chi connectivity index (χ4v) is 4.87. The number of nitrogens with zero attached hydrogens (tertiary/aromatic N) is 3. The number of fused-ring (bicyclic) bond motifs is 4. The van der Waals surface area contributed by atoms with Crippen molar-refractivity contribution in [2.24, 2.45) is 17.8 Å². The number of nitrogens with one attached hydrogen (secondary N) is 2. The summed E-state index contributed by atoms with van der Waals surface area (Å²) in [4.78, 5) is 27.0. The molecule has 29 heavy (non-hydrogen) atoms. The first-order valence-electron chi connectivity index (χ1n) is 9.66. The average Bonchev–Trinajstić information content (AvgIpc) is 3.10. The van der Waals surface area contributed by atoms with E-state index in [4.69, 9.17) is 0 Å². The Labute approximate surface area is 164 Å². The maximum Gasteiger partial charge on any atom is 0.308 e. The van der Waals surface area contributed by atoms with Crippen molar-refractivity contribution in [1.29, 1.82) is 0 Å². The Kier molecular flexibility index (Phi) is 4.18. The third-order valence-corrected chi connectivity index (χ3v) is 6.29. The number of carboxylic acid groups (broad SMARTS) is 1. The zero-order valence-corrected chi connectivity index (χ0v) is 15.4. The van der Waals surface area contributed by atoms with Crippen LogP contribution in [0.3, 0.4) is 0 Å². The molecule has 0 aromatic carbocycles. The molecule has 0 saturated heterocycles. The zero-order chi connectivity index (χ0) is 20.1. The van der Waals surface area contributed by atoms with E-state index in [1.807, 2.05) is 0 Å². The highest BCUT2D eigenvalue weighted by Crippen LogP contribution is 2.46. The highest BCUT2D eigenvalue weighted by molar-refractivity contribution is 5.80. The van der Waals surface area contributed by atoms with E-state index in [2.05, 4.69) is 25.3 Å². The summed E-state index contributed by atoms with van der Waals surface area (Å²) in [7, 11) is 0. The number of aromatic nitrogens is 4. The van der Waals surface area contributed by atoms with Gasteiger partial charge in [-0.2, -0.15) is 0 Å². The Morgan fingerprint density at radius 2 is 1.86 bits per heavy atom. The highest BCUT2D eigenvalue weighted by Gasteiger charge is 2.47. The molecular formula is C20H19F2N5O2. The summed E-state index contributed by atoms with van der Waals surface area (Å²) < 4.78 is 28.3. The number of hydrogen-bond donors (Lipinski definition) is 3. The van der Waals surface area contributed by atoms with Crippen LogP contribution in [0, 0.1) is 29.4 Å². The Hall–Kier alpha value is -3.10. The van der Waals surface area contributed by atoms with Gasteiger partial charge in [0.2, 0.25) is 0 Å². The number of H-pyrrole nitrogens is 1. The second-order valence-corrected chi connectivity index (χ2v) is 7.86. The van der Waals surface area contributed by atoms with Gasteiger partial charge in [0.05, 0.1) is 17.5 Å². The van der Waals surface area contributed by atoms with Gasteiger partial charge in [-0.15, -0.1) is 0 Å². The summed E-state index contributed by atoms with van der Waals surface area (Å²) in [5, 5.41) is 13.1. The van der Waals surface area contributed by atoms with Crippen LogP contribution in [0.4, 0.5) is 14.6 Å². The summed E-state index contributed by atoms with van der Waals surface area (Å²) in [5.41, 5.74) is 0.841. The third kappa shape index (κ3) is 3.01. The molecule has 3 aromatic rings. The van der Waals surface area contributed by atoms with Crippen LogP contribution in [0.15, 0.2) is 24.7 Å². The second kappa shape index (κ2) is 6.75. The van der Waals surface area contributed by atoms with Gasteiger partial charge in [0, 0.05) is 24.0 Å². The lowest BCUT2D eigenvalue weighted by atomic mass is 9.61. The minimum Gasteiger partial charge on any atom is -0.481 e. The zero-order valence-electron chi connectivity index (χ0n) is 15.4. The lowest BCUT2D eigenvalue weighted by molar-refractivity contribution is -0.148. The van der Waals surface area contributed by atoms with Crippen molar-refractivity contribution in [3.05, 3.63) is 36.3 Å². The number of aromatic amines is 1. The number of hydrogen-bond acceptors (Lipinski definition) is 5. The number of pyridine rings is 1. The second-order valence-electron chi connectivity index (χ2n) is 7.86. The molecule has 0 unspecified atom stereocenters. The number of halogens is 2. The number of aliphatic carboxylic acids is 1. The molecule has 0 spiro atoms. The van der Waals surface area contributed by atoms with Gasteiger partial charge in [-0.05, 0) is 43.6 Å². The van der Waals surface area contributed by atoms with Crippen molar-refractivity contribution in [2.45, 2.75) is 31.7 Å². The molecule has 3 N–H and O–H groups in total. The van der Waals surface area contributed by atoms with Gasteiger partial charge in [0.25, 0.3) is 0 Å². The molecule has 0 aliphatic heterocycles. The van der Waals surface area contributed by atoms with Crippen molar-refractivity contribution >= 4 is 22.8 Å². The SMILES string of the molecule is O=C(O)[C@H]1C2CCC(CC2)[C@@H]1Nc1nc(-c2cnc3[nH]cc(F)c3c2)ncc1F. The van der Waals surface area contributed by atoms with E-state index in [9.17, 15) is 18.7 Å². The first-order chi connectivity index (χ1) is 14.0. The van der Waals surface area contributed by atoms with E-state index < -0.39 is 23.5 Å². The predicted molar refractivity (Wildman–Crippen MR) is 101 cm³/mol. The molecule has 0 amide bonds. The molecule has 9 heteroatoms. The van der Waals surface area contributed by atoms with E-state index in [0.717, 1.165) is 31.9 Å². The number of anilines is 1.